The van der Waals surface area contributed by atoms with Crippen molar-refractivity contribution >= 4 is 44.6 Å². The summed E-state index contributed by atoms with van der Waals surface area (Å²) in [5.74, 6) is -0.777. The summed E-state index contributed by atoms with van der Waals surface area (Å²) < 4.78 is 39.0. The highest BCUT2D eigenvalue weighted by Crippen LogP contribution is 2.39. The fraction of sp³-hybridized carbons (Fsp3) is 0.353. The van der Waals surface area contributed by atoms with Gasteiger partial charge in [-0.1, -0.05) is 42.3 Å². The van der Waals surface area contributed by atoms with Crippen molar-refractivity contribution in [2.24, 2.45) is 0 Å². The number of rotatable bonds is 7. The fourth-order valence-corrected chi connectivity index (χ4v) is 7.43. The lowest BCUT2D eigenvalue weighted by Gasteiger charge is -2.26. The molecule has 4 aromatic rings. The molecule has 2 aliphatic rings. The number of nitrogens with one attached hydrogen (secondary N) is 1. The van der Waals surface area contributed by atoms with Gasteiger partial charge in [-0.3, -0.25) is 9.69 Å². The standard InChI is InChI=1S/C34H36ClN3O6S/c1-34(2,3)43-33(40)38-28-13-11-22(20-37-15-7-4-8-16-37)17-24(28)18-29(38)25-12-14-30(26-19-36-32(39)31(25)26)44-45(41,42)21-23-9-5-6-10-27(23)35/h5-6,9-14,17-18H,4,7-8,15-16,19-21H2,1-3H3,(H,36,39). The molecule has 0 unspecified atom stereocenters. The van der Waals surface area contributed by atoms with Gasteiger partial charge in [-0.2, -0.15) is 8.42 Å². The van der Waals surface area contributed by atoms with Crippen LogP contribution in [0, 0.1) is 0 Å². The van der Waals surface area contributed by atoms with E-state index in [1.165, 1.54) is 29.9 Å². The highest BCUT2D eigenvalue weighted by atomic mass is 35.5. The molecule has 2 aliphatic heterocycles. The van der Waals surface area contributed by atoms with E-state index in [0.29, 0.717) is 32.9 Å². The second-order valence-corrected chi connectivity index (χ2v) is 14.6. The highest BCUT2D eigenvalue weighted by molar-refractivity contribution is 7.86. The molecule has 0 aliphatic carbocycles. The maximum Gasteiger partial charge on any atom is 0.419 e. The first-order chi connectivity index (χ1) is 21.4. The molecule has 1 N–H and O–H groups in total. The van der Waals surface area contributed by atoms with Crippen LogP contribution in [0.4, 0.5) is 4.79 Å². The van der Waals surface area contributed by atoms with Crippen LogP contribution in [0.5, 0.6) is 5.75 Å². The van der Waals surface area contributed by atoms with E-state index >= 15 is 0 Å². The monoisotopic (exact) mass is 649 g/mol. The molecule has 6 rings (SSSR count). The average Bonchev–Trinajstić information content (AvgIpc) is 3.55. The Hall–Kier alpha value is -3.86. The normalized spacial score (nSPS) is 15.6. The van der Waals surface area contributed by atoms with Gasteiger partial charge in [-0.05, 0) is 94.2 Å². The second-order valence-electron chi connectivity index (χ2n) is 12.6. The molecular weight excluding hydrogens is 614 g/mol. The number of carbonyl (C=O) groups is 2. The Morgan fingerprint density at radius 2 is 1.76 bits per heavy atom. The van der Waals surface area contributed by atoms with Crippen LogP contribution in [0.2, 0.25) is 5.02 Å². The van der Waals surface area contributed by atoms with Gasteiger partial charge in [0.1, 0.15) is 17.1 Å². The molecular formula is C34H36ClN3O6S. The molecule has 1 amide bonds. The number of fused-ring (bicyclic) bond motifs is 2. The van der Waals surface area contributed by atoms with Crippen molar-refractivity contribution in [1.29, 1.82) is 0 Å². The molecule has 0 saturated carbocycles. The zero-order valence-corrected chi connectivity index (χ0v) is 27.1. The van der Waals surface area contributed by atoms with Crippen molar-refractivity contribution in [2.45, 2.75) is 64.5 Å². The summed E-state index contributed by atoms with van der Waals surface area (Å²) in [4.78, 5) is 29.4. The molecule has 0 radical (unpaired) electrons. The van der Waals surface area contributed by atoms with Gasteiger partial charge in [0.2, 0.25) is 0 Å². The van der Waals surface area contributed by atoms with Crippen molar-refractivity contribution in [2.75, 3.05) is 13.1 Å². The Bertz CT molecular complexity index is 1900. The van der Waals surface area contributed by atoms with Crippen LogP contribution in [0.1, 0.15) is 67.1 Å². The maximum absolute atomic E-state index is 13.7. The summed E-state index contributed by atoms with van der Waals surface area (Å²) in [7, 11) is -4.11. The van der Waals surface area contributed by atoms with Gasteiger partial charge in [0.15, 0.2) is 0 Å². The van der Waals surface area contributed by atoms with Gasteiger partial charge < -0.3 is 14.2 Å². The summed E-state index contributed by atoms with van der Waals surface area (Å²) in [5.41, 5.74) is 3.01. The van der Waals surface area contributed by atoms with E-state index in [1.54, 1.807) is 51.1 Å². The largest absolute Gasteiger partial charge is 0.443 e. The number of halogens is 1. The van der Waals surface area contributed by atoms with Gasteiger partial charge >= 0.3 is 16.2 Å². The smallest absolute Gasteiger partial charge is 0.419 e. The first kappa shape index (κ1) is 31.1. The lowest BCUT2D eigenvalue weighted by molar-refractivity contribution is 0.0546. The first-order valence-electron chi connectivity index (χ1n) is 15.1. The molecule has 0 spiro atoms. The SMILES string of the molecule is CC(C)(C)OC(=O)n1c(-c2ccc(OS(=O)(=O)Cc3ccccc3Cl)c3c2C(=O)NC3)cc2cc(CN3CCCCC3)ccc21. The fourth-order valence-electron chi connectivity index (χ4n) is 6.03. The predicted octanol–water partition coefficient (Wildman–Crippen LogP) is 6.88. The number of amides is 1. The van der Waals surface area contributed by atoms with Crippen molar-refractivity contribution in [1.82, 2.24) is 14.8 Å². The van der Waals surface area contributed by atoms with E-state index in [9.17, 15) is 18.0 Å². The van der Waals surface area contributed by atoms with Crippen LogP contribution in [0.25, 0.3) is 22.2 Å². The van der Waals surface area contributed by atoms with E-state index in [4.69, 9.17) is 20.5 Å². The van der Waals surface area contributed by atoms with E-state index in [1.807, 2.05) is 18.2 Å². The summed E-state index contributed by atoms with van der Waals surface area (Å²) in [6, 6.07) is 17.7. The minimum Gasteiger partial charge on any atom is -0.443 e. The predicted molar refractivity (Wildman–Crippen MR) is 174 cm³/mol. The van der Waals surface area contributed by atoms with Crippen molar-refractivity contribution in [3.63, 3.8) is 0 Å². The highest BCUT2D eigenvalue weighted by Gasteiger charge is 2.32. The van der Waals surface area contributed by atoms with Crippen LogP contribution < -0.4 is 9.50 Å². The number of hydrogen-bond acceptors (Lipinski definition) is 7. The minimum absolute atomic E-state index is 0.0444. The Balaban J connectivity index is 1.42. The zero-order valence-electron chi connectivity index (χ0n) is 25.6. The lowest BCUT2D eigenvalue weighted by atomic mass is 9.99. The van der Waals surface area contributed by atoms with Crippen molar-refractivity contribution in [3.8, 4) is 17.0 Å². The van der Waals surface area contributed by atoms with Crippen LogP contribution in [-0.2, 0) is 33.7 Å². The van der Waals surface area contributed by atoms with Gasteiger partial charge in [-0.25, -0.2) is 9.36 Å². The number of benzene rings is 3. The average molecular weight is 650 g/mol. The van der Waals surface area contributed by atoms with Gasteiger partial charge in [-0.15, -0.1) is 0 Å². The van der Waals surface area contributed by atoms with Crippen molar-refractivity contribution in [3.05, 3.63) is 87.9 Å². The Kier molecular flexibility index (Phi) is 8.41. The quantitative estimate of drug-likeness (QED) is 0.217. The van der Waals surface area contributed by atoms with E-state index in [2.05, 4.69) is 16.3 Å². The van der Waals surface area contributed by atoms with Crippen LogP contribution in [0.3, 0.4) is 0 Å². The molecule has 45 heavy (non-hydrogen) atoms. The number of likely N-dealkylation sites (tertiary alicyclic amines) is 1. The van der Waals surface area contributed by atoms with E-state index in [0.717, 1.165) is 30.6 Å². The molecule has 3 heterocycles. The molecule has 3 aromatic carbocycles. The maximum atomic E-state index is 13.7. The van der Waals surface area contributed by atoms with Gasteiger partial charge in [0.25, 0.3) is 5.91 Å². The summed E-state index contributed by atoms with van der Waals surface area (Å²) in [6.07, 6.45) is 3.06. The minimum atomic E-state index is -4.11. The topological polar surface area (TPSA) is 107 Å². The molecule has 1 fully saturated rings. The van der Waals surface area contributed by atoms with Gasteiger partial charge in [0, 0.05) is 34.6 Å². The molecule has 0 atom stereocenters. The molecule has 236 valence electrons. The van der Waals surface area contributed by atoms with E-state index < -0.39 is 27.6 Å². The third-order valence-electron chi connectivity index (χ3n) is 8.00. The molecule has 1 saturated heterocycles. The summed E-state index contributed by atoms with van der Waals surface area (Å²) >= 11 is 6.19. The van der Waals surface area contributed by atoms with Crippen LogP contribution >= 0.6 is 11.6 Å². The summed E-state index contributed by atoms with van der Waals surface area (Å²) in [5, 5.41) is 3.94. The van der Waals surface area contributed by atoms with E-state index in [-0.39, 0.29) is 23.8 Å². The van der Waals surface area contributed by atoms with Gasteiger partial charge in [0.05, 0.1) is 16.8 Å². The third-order valence-corrected chi connectivity index (χ3v) is 9.47. The molecule has 0 bridgehead atoms. The number of nitrogens with zero attached hydrogens (tertiary/aromatic N) is 2. The van der Waals surface area contributed by atoms with Crippen molar-refractivity contribution < 1.29 is 26.9 Å². The summed E-state index contributed by atoms with van der Waals surface area (Å²) in [6.45, 7) is 8.41. The Labute approximate surface area is 268 Å². The Morgan fingerprint density at radius 3 is 2.49 bits per heavy atom. The first-order valence-corrected chi connectivity index (χ1v) is 17.0. The molecule has 1 aromatic heterocycles. The number of hydrogen-bond donors (Lipinski definition) is 1. The number of carbonyl (C=O) groups excluding carboxylic acids is 2. The van der Waals surface area contributed by atoms with Crippen LogP contribution in [-0.4, -0.2) is 48.6 Å². The number of piperidine rings is 1. The van der Waals surface area contributed by atoms with Crippen LogP contribution in [0.15, 0.2) is 60.7 Å². The second kappa shape index (κ2) is 12.2. The Morgan fingerprint density at radius 1 is 1.00 bits per heavy atom. The number of aromatic nitrogens is 1. The lowest BCUT2D eigenvalue weighted by Crippen LogP contribution is -2.29. The molecule has 9 nitrogen and oxygen atoms in total. The number of ether oxygens (including phenoxy) is 1. The third kappa shape index (κ3) is 6.73. The zero-order chi connectivity index (χ0) is 31.9. The molecule has 11 heteroatoms.